The van der Waals surface area contributed by atoms with Crippen LogP contribution in [0, 0.1) is 5.92 Å². The average Bonchev–Trinajstić information content (AvgIpc) is 2.56. The first-order valence-corrected chi connectivity index (χ1v) is 6.28. The van der Waals surface area contributed by atoms with Gasteiger partial charge in [-0.3, -0.25) is 19.3 Å². The molecule has 1 rings (SSSR count). The van der Waals surface area contributed by atoms with E-state index in [1.165, 1.54) is 7.05 Å². The Hall–Kier alpha value is -1.96. The first-order chi connectivity index (χ1) is 9.14. The van der Waals surface area contributed by atoms with Crippen molar-refractivity contribution in [2.75, 3.05) is 20.1 Å². The lowest BCUT2D eigenvalue weighted by molar-refractivity contribution is -0.143. The second-order valence-corrected chi connectivity index (χ2v) is 5.36. The number of nitrogens with one attached hydrogen (secondary N) is 1. The zero-order valence-electron chi connectivity index (χ0n) is 12.1. The lowest BCUT2D eigenvalue weighted by Crippen LogP contribution is -2.57. The third-order valence-corrected chi connectivity index (χ3v) is 3.68. The second-order valence-electron chi connectivity index (χ2n) is 5.36. The Morgan fingerprint density at radius 3 is 2.20 bits per heavy atom. The highest BCUT2D eigenvalue weighted by Gasteiger charge is 2.43. The van der Waals surface area contributed by atoms with Gasteiger partial charge in [-0.25, -0.2) is 9.69 Å². The third-order valence-electron chi connectivity index (χ3n) is 3.68. The lowest BCUT2D eigenvalue weighted by atomic mass is 9.88. The predicted octanol–water partition coefficient (Wildman–Crippen LogP) is -1.10. The zero-order chi connectivity index (χ0) is 15.7. The summed E-state index contributed by atoms with van der Waals surface area (Å²) in [5.74, 6) is -2.39. The van der Waals surface area contributed by atoms with Crippen molar-refractivity contribution in [3.8, 4) is 0 Å². The van der Waals surface area contributed by atoms with Crippen LogP contribution in [0.25, 0.3) is 0 Å². The standard InChI is InChI=1S/C12H20N4O4/c1-7(2)12(3,6-13)14-8(17)5-16-10(19)9(18)15(4)11(16)20/h7H,5-6,13H2,1-4H3,(H,14,17). The van der Waals surface area contributed by atoms with Crippen LogP contribution in [0.5, 0.6) is 0 Å². The summed E-state index contributed by atoms with van der Waals surface area (Å²) in [7, 11) is 1.19. The Morgan fingerprint density at radius 1 is 1.30 bits per heavy atom. The summed E-state index contributed by atoms with van der Waals surface area (Å²) in [6.07, 6.45) is 0. The highest BCUT2D eigenvalue weighted by atomic mass is 16.2. The van der Waals surface area contributed by atoms with Gasteiger partial charge in [0.15, 0.2) is 0 Å². The molecule has 5 amide bonds. The van der Waals surface area contributed by atoms with Gasteiger partial charge in [0.05, 0.1) is 5.54 Å². The van der Waals surface area contributed by atoms with Crippen molar-refractivity contribution < 1.29 is 19.2 Å². The maximum Gasteiger partial charge on any atom is 0.334 e. The fourth-order valence-corrected chi connectivity index (χ4v) is 1.69. The first kappa shape index (κ1) is 16.1. The normalized spacial score (nSPS) is 18.8. The minimum atomic E-state index is -0.994. The van der Waals surface area contributed by atoms with E-state index in [2.05, 4.69) is 5.32 Å². The van der Waals surface area contributed by atoms with E-state index in [1.54, 1.807) is 6.92 Å². The van der Waals surface area contributed by atoms with Crippen LogP contribution in [0.1, 0.15) is 20.8 Å². The van der Waals surface area contributed by atoms with Gasteiger partial charge in [0, 0.05) is 13.6 Å². The van der Waals surface area contributed by atoms with Gasteiger partial charge in [0.1, 0.15) is 6.54 Å². The molecule has 1 saturated heterocycles. The Kier molecular flexibility index (Phi) is 4.49. The number of hydrogen-bond acceptors (Lipinski definition) is 5. The van der Waals surface area contributed by atoms with Crippen LogP contribution >= 0.6 is 0 Å². The lowest BCUT2D eigenvalue weighted by Gasteiger charge is -2.33. The van der Waals surface area contributed by atoms with Crippen LogP contribution in [0.15, 0.2) is 0 Å². The van der Waals surface area contributed by atoms with Gasteiger partial charge in [0.2, 0.25) is 5.91 Å². The molecule has 1 fully saturated rings. The average molecular weight is 284 g/mol. The summed E-state index contributed by atoms with van der Waals surface area (Å²) in [6, 6.07) is -0.797. The molecule has 0 aliphatic carbocycles. The van der Waals surface area contributed by atoms with E-state index >= 15 is 0 Å². The zero-order valence-corrected chi connectivity index (χ0v) is 12.1. The van der Waals surface area contributed by atoms with Crippen LogP contribution in [-0.2, 0) is 14.4 Å². The van der Waals surface area contributed by atoms with Crippen LogP contribution < -0.4 is 11.1 Å². The molecular weight excluding hydrogens is 264 g/mol. The number of rotatable bonds is 5. The molecule has 1 atom stereocenters. The molecule has 20 heavy (non-hydrogen) atoms. The van der Waals surface area contributed by atoms with E-state index in [0.29, 0.717) is 9.80 Å². The number of urea groups is 1. The molecule has 8 nitrogen and oxygen atoms in total. The minimum Gasteiger partial charge on any atom is -0.348 e. The van der Waals surface area contributed by atoms with E-state index in [0.717, 1.165) is 0 Å². The van der Waals surface area contributed by atoms with E-state index in [1.807, 2.05) is 13.8 Å². The molecule has 1 heterocycles. The SMILES string of the molecule is CC(C)C(C)(CN)NC(=O)CN1C(=O)C(=O)N(C)C1=O. The molecule has 8 heteroatoms. The van der Waals surface area contributed by atoms with Crippen molar-refractivity contribution in [3.05, 3.63) is 0 Å². The van der Waals surface area contributed by atoms with Gasteiger partial charge >= 0.3 is 17.8 Å². The molecule has 3 N–H and O–H groups in total. The highest BCUT2D eigenvalue weighted by molar-refractivity contribution is 6.44. The molecule has 1 unspecified atom stereocenters. The number of amides is 5. The molecule has 1 aliphatic rings. The van der Waals surface area contributed by atoms with Crippen molar-refractivity contribution in [1.82, 2.24) is 15.1 Å². The van der Waals surface area contributed by atoms with Gasteiger partial charge in [0.25, 0.3) is 0 Å². The molecule has 0 aromatic carbocycles. The Bertz CT molecular complexity index is 462. The monoisotopic (exact) mass is 284 g/mol. The van der Waals surface area contributed by atoms with Crippen LogP contribution in [0.3, 0.4) is 0 Å². The summed E-state index contributed by atoms with van der Waals surface area (Å²) >= 11 is 0. The van der Waals surface area contributed by atoms with E-state index in [-0.39, 0.29) is 12.5 Å². The Labute approximate surface area is 117 Å². The van der Waals surface area contributed by atoms with Crippen LogP contribution in [0.4, 0.5) is 4.79 Å². The molecule has 0 aromatic rings. The number of likely N-dealkylation sites (N-methyl/N-ethyl adjacent to an activating group) is 1. The Balaban J connectivity index is 2.75. The molecule has 0 spiro atoms. The molecule has 1 aliphatic heterocycles. The summed E-state index contributed by atoms with van der Waals surface area (Å²) in [5, 5.41) is 2.70. The van der Waals surface area contributed by atoms with Crippen molar-refractivity contribution in [2.45, 2.75) is 26.3 Å². The van der Waals surface area contributed by atoms with Gasteiger partial charge in [-0.1, -0.05) is 13.8 Å². The number of carbonyl (C=O) groups is 4. The van der Waals surface area contributed by atoms with E-state index < -0.39 is 35.8 Å². The summed E-state index contributed by atoms with van der Waals surface area (Å²) in [5.41, 5.74) is 5.00. The fourth-order valence-electron chi connectivity index (χ4n) is 1.69. The van der Waals surface area contributed by atoms with Gasteiger partial charge in [-0.05, 0) is 12.8 Å². The summed E-state index contributed by atoms with van der Waals surface area (Å²) < 4.78 is 0. The highest BCUT2D eigenvalue weighted by Crippen LogP contribution is 2.15. The molecule has 0 radical (unpaired) electrons. The van der Waals surface area contributed by atoms with Gasteiger partial charge < -0.3 is 11.1 Å². The Morgan fingerprint density at radius 2 is 1.85 bits per heavy atom. The number of imide groups is 2. The number of carbonyl (C=O) groups excluding carboxylic acids is 4. The third kappa shape index (κ3) is 2.79. The smallest absolute Gasteiger partial charge is 0.334 e. The number of nitrogens with zero attached hydrogens (tertiary/aromatic N) is 2. The maximum absolute atomic E-state index is 11.9. The number of nitrogens with two attached hydrogens (primary N) is 1. The molecule has 112 valence electrons. The second kappa shape index (κ2) is 5.58. The first-order valence-electron chi connectivity index (χ1n) is 6.28. The van der Waals surface area contributed by atoms with E-state index in [4.69, 9.17) is 5.73 Å². The molecular formula is C12H20N4O4. The minimum absolute atomic E-state index is 0.0748. The quantitative estimate of drug-likeness (QED) is 0.491. The van der Waals surface area contributed by atoms with Gasteiger partial charge in [-0.15, -0.1) is 0 Å². The van der Waals surface area contributed by atoms with Crippen LogP contribution in [0.2, 0.25) is 0 Å². The van der Waals surface area contributed by atoms with Crippen molar-refractivity contribution in [2.24, 2.45) is 11.7 Å². The van der Waals surface area contributed by atoms with Crippen LogP contribution in [-0.4, -0.2) is 59.2 Å². The van der Waals surface area contributed by atoms with Crippen molar-refractivity contribution in [3.63, 3.8) is 0 Å². The fraction of sp³-hybridized carbons (Fsp3) is 0.667. The topological polar surface area (TPSA) is 113 Å². The van der Waals surface area contributed by atoms with Crippen molar-refractivity contribution in [1.29, 1.82) is 0 Å². The molecule has 0 bridgehead atoms. The predicted molar refractivity (Wildman–Crippen MR) is 70.3 cm³/mol. The molecule has 0 aromatic heterocycles. The molecule has 0 saturated carbocycles. The largest absolute Gasteiger partial charge is 0.348 e. The van der Waals surface area contributed by atoms with Crippen molar-refractivity contribution >= 4 is 23.8 Å². The van der Waals surface area contributed by atoms with Gasteiger partial charge in [-0.2, -0.15) is 0 Å². The number of hydrogen-bond donors (Lipinski definition) is 2. The summed E-state index contributed by atoms with van der Waals surface area (Å²) in [4.78, 5) is 47.7. The maximum atomic E-state index is 11.9. The summed E-state index contributed by atoms with van der Waals surface area (Å²) in [6.45, 7) is 5.31. The van der Waals surface area contributed by atoms with E-state index in [9.17, 15) is 19.2 Å².